The first kappa shape index (κ1) is 16.0. The van der Waals surface area contributed by atoms with Crippen LogP contribution in [0.25, 0.3) is 11.0 Å². The number of nitrogens with zero attached hydrogens (tertiary/aromatic N) is 2. The maximum absolute atomic E-state index is 4.71. The third-order valence-corrected chi connectivity index (χ3v) is 12.4. The van der Waals surface area contributed by atoms with Crippen molar-refractivity contribution in [2.45, 2.75) is 58.2 Å². The van der Waals surface area contributed by atoms with E-state index in [2.05, 4.69) is 86.7 Å². The Bertz CT molecular complexity index is 580. The molecule has 0 fully saturated rings. The summed E-state index contributed by atoms with van der Waals surface area (Å²) in [5, 5.41) is 1.30. The number of pyridine rings is 1. The summed E-state index contributed by atoms with van der Waals surface area (Å²) >= 11 is 2.41. The zero-order valence-electron chi connectivity index (χ0n) is 13.3. The Balaban J connectivity index is 2.79. The van der Waals surface area contributed by atoms with Gasteiger partial charge in [-0.3, -0.25) is 0 Å². The van der Waals surface area contributed by atoms with Gasteiger partial charge in [0.25, 0.3) is 0 Å². The molecule has 0 amide bonds. The van der Waals surface area contributed by atoms with E-state index in [1.54, 1.807) is 0 Å². The number of hydrogen-bond acceptors (Lipinski definition) is 1. The molecule has 0 aliphatic carbocycles. The molecular weight excluding hydrogens is 375 g/mol. The van der Waals surface area contributed by atoms with E-state index in [9.17, 15) is 0 Å². The molecule has 0 atom stereocenters. The molecule has 0 radical (unpaired) electrons. The third kappa shape index (κ3) is 2.24. The van der Waals surface area contributed by atoms with Crippen molar-refractivity contribution in [1.82, 2.24) is 9.22 Å². The normalized spacial score (nSPS) is 13.1. The standard InChI is InChI=1S/C16H25IN2Si/c1-11(2)20(12(3)4,13(5)6)19-10-8-14-15(17)7-9-18-16(14)19/h7-13H,1-6H3. The number of halogens is 1. The van der Waals surface area contributed by atoms with Gasteiger partial charge in [-0.25, -0.2) is 4.98 Å². The number of rotatable bonds is 4. The highest BCUT2D eigenvalue weighted by atomic mass is 127. The van der Waals surface area contributed by atoms with E-state index in [0.717, 1.165) is 0 Å². The molecule has 0 N–H and O–H groups in total. The molecule has 0 bridgehead atoms. The molecule has 2 heterocycles. The Kier molecular flexibility index (Phi) is 4.64. The van der Waals surface area contributed by atoms with Gasteiger partial charge in [-0.15, -0.1) is 0 Å². The summed E-state index contributed by atoms with van der Waals surface area (Å²) in [6.07, 6.45) is 4.24. The molecule has 2 aromatic heterocycles. The summed E-state index contributed by atoms with van der Waals surface area (Å²) in [6, 6.07) is 4.34. The quantitative estimate of drug-likeness (QED) is 0.478. The van der Waals surface area contributed by atoms with Crippen molar-refractivity contribution in [3.05, 3.63) is 28.1 Å². The Morgan fingerprint density at radius 1 is 1.00 bits per heavy atom. The molecule has 0 unspecified atom stereocenters. The summed E-state index contributed by atoms with van der Waals surface area (Å²) in [5.41, 5.74) is 3.26. The van der Waals surface area contributed by atoms with Crippen LogP contribution in [0.1, 0.15) is 41.5 Å². The summed E-state index contributed by atoms with van der Waals surface area (Å²) < 4.78 is 3.87. The van der Waals surface area contributed by atoms with Crippen molar-refractivity contribution < 1.29 is 0 Å². The minimum Gasteiger partial charge on any atom is -0.359 e. The van der Waals surface area contributed by atoms with E-state index in [1.807, 2.05) is 6.20 Å². The lowest BCUT2D eigenvalue weighted by molar-refractivity contribution is 0.770. The van der Waals surface area contributed by atoms with Gasteiger partial charge in [0.05, 0.1) is 0 Å². The van der Waals surface area contributed by atoms with Gasteiger partial charge in [0.1, 0.15) is 5.65 Å². The van der Waals surface area contributed by atoms with E-state index in [4.69, 9.17) is 4.98 Å². The maximum atomic E-state index is 4.71. The smallest absolute Gasteiger partial charge is 0.171 e. The molecule has 20 heavy (non-hydrogen) atoms. The van der Waals surface area contributed by atoms with Crippen molar-refractivity contribution in [3.8, 4) is 0 Å². The topological polar surface area (TPSA) is 17.8 Å². The first-order valence-corrected chi connectivity index (χ1v) is 10.7. The van der Waals surface area contributed by atoms with Crippen molar-refractivity contribution >= 4 is 41.9 Å². The van der Waals surface area contributed by atoms with E-state index in [1.165, 1.54) is 14.6 Å². The predicted molar refractivity (Wildman–Crippen MR) is 98.9 cm³/mol. The van der Waals surface area contributed by atoms with Crippen molar-refractivity contribution in [2.24, 2.45) is 0 Å². The summed E-state index contributed by atoms with van der Waals surface area (Å²) in [4.78, 5) is 4.71. The minimum absolute atomic E-state index is 0.692. The van der Waals surface area contributed by atoms with Crippen molar-refractivity contribution in [3.63, 3.8) is 0 Å². The van der Waals surface area contributed by atoms with Gasteiger partial charge < -0.3 is 4.23 Å². The zero-order chi connectivity index (χ0) is 15.1. The van der Waals surface area contributed by atoms with Gasteiger partial charge in [-0.05, 0) is 57.5 Å². The summed E-state index contributed by atoms with van der Waals surface area (Å²) in [5.74, 6) is 0. The van der Waals surface area contributed by atoms with Gasteiger partial charge >= 0.3 is 0 Å². The lowest BCUT2D eigenvalue weighted by Gasteiger charge is -2.44. The molecule has 0 saturated heterocycles. The van der Waals surface area contributed by atoms with Crippen LogP contribution >= 0.6 is 22.6 Å². The van der Waals surface area contributed by atoms with Crippen LogP contribution in [0.15, 0.2) is 24.5 Å². The molecule has 2 nitrogen and oxygen atoms in total. The van der Waals surface area contributed by atoms with Gasteiger partial charge in [0.2, 0.25) is 0 Å². The number of aromatic nitrogens is 2. The second-order valence-corrected chi connectivity index (χ2v) is 13.4. The predicted octanol–water partition coefficient (Wildman–Crippen LogP) is 5.66. The number of fused-ring (bicyclic) bond motifs is 1. The fourth-order valence-corrected chi connectivity index (χ4v) is 11.3. The average Bonchev–Trinajstić information content (AvgIpc) is 2.74. The largest absolute Gasteiger partial charge is 0.359 e. The molecular formula is C16H25IN2Si. The van der Waals surface area contributed by atoms with E-state index >= 15 is 0 Å². The lowest BCUT2D eigenvalue weighted by atomic mass is 10.3. The SMILES string of the molecule is CC(C)[Si](C(C)C)(C(C)C)n1ccc2c(I)ccnc21. The molecule has 2 aromatic rings. The molecule has 4 heteroatoms. The van der Waals surface area contributed by atoms with E-state index in [-0.39, 0.29) is 0 Å². The maximum Gasteiger partial charge on any atom is 0.171 e. The van der Waals surface area contributed by atoms with Crippen LogP contribution in [-0.4, -0.2) is 17.5 Å². The summed E-state index contributed by atoms with van der Waals surface area (Å²) in [7, 11) is -1.69. The van der Waals surface area contributed by atoms with Crippen LogP contribution in [0.5, 0.6) is 0 Å². The molecule has 0 spiro atoms. The van der Waals surface area contributed by atoms with Crippen LogP contribution in [0.2, 0.25) is 16.6 Å². The highest BCUT2D eigenvalue weighted by Crippen LogP contribution is 2.44. The Morgan fingerprint density at radius 2 is 1.55 bits per heavy atom. The van der Waals surface area contributed by atoms with Crippen LogP contribution in [-0.2, 0) is 0 Å². The van der Waals surface area contributed by atoms with Crippen LogP contribution in [0.3, 0.4) is 0 Å². The fraction of sp³-hybridized carbons (Fsp3) is 0.562. The van der Waals surface area contributed by atoms with Crippen LogP contribution < -0.4 is 0 Å². The molecule has 0 aliphatic heterocycles. The second-order valence-electron chi connectivity index (χ2n) is 6.57. The number of hydrogen-bond donors (Lipinski definition) is 0. The Morgan fingerprint density at radius 3 is 2.05 bits per heavy atom. The molecule has 110 valence electrons. The molecule has 0 aliphatic rings. The minimum atomic E-state index is -1.69. The first-order chi connectivity index (χ1) is 9.33. The van der Waals surface area contributed by atoms with Crippen molar-refractivity contribution in [1.29, 1.82) is 0 Å². The fourth-order valence-electron chi connectivity index (χ4n) is 4.15. The van der Waals surface area contributed by atoms with Gasteiger partial charge in [0.15, 0.2) is 8.24 Å². The second kappa shape index (κ2) is 5.79. The average molecular weight is 400 g/mol. The van der Waals surface area contributed by atoms with Gasteiger partial charge in [0, 0.05) is 15.2 Å². The third-order valence-electron chi connectivity index (χ3n) is 4.73. The first-order valence-electron chi connectivity index (χ1n) is 7.45. The van der Waals surface area contributed by atoms with Gasteiger partial charge in [-0.2, -0.15) is 0 Å². The Labute approximate surface area is 137 Å². The monoisotopic (exact) mass is 400 g/mol. The lowest BCUT2D eigenvalue weighted by Crippen LogP contribution is -2.51. The molecule has 0 aromatic carbocycles. The van der Waals surface area contributed by atoms with E-state index in [0.29, 0.717) is 16.6 Å². The van der Waals surface area contributed by atoms with E-state index < -0.39 is 8.24 Å². The van der Waals surface area contributed by atoms with Crippen molar-refractivity contribution in [2.75, 3.05) is 0 Å². The Hall–Kier alpha value is -0.363. The van der Waals surface area contributed by atoms with Crippen LogP contribution in [0.4, 0.5) is 0 Å². The van der Waals surface area contributed by atoms with Crippen LogP contribution in [0, 0.1) is 3.57 Å². The highest BCUT2D eigenvalue weighted by Gasteiger charge is 2.45. The molecule has 0 saturated carbocycles. The van der Waals surface area contributed by atoms with Gasteiger partial charge in [-0.1, -0.05) is 41.5 Å². The zero-order valence-corrected chi connectivity index (χ0v) is 16.5. The summed E-state index contributed by atoms with van der Waals surface area (Å²) in [6.45, 7) is 14.4. The highest BCUT2D eigenvalue weighted by molar-refractivity contribution is 14.1. The molecule has 2 rings (SSSR count).